The Morgan fingerprint density at radius 1 is 1.39 bits per heavy atom. The smallest absolute Gasteiger partial charge is 0.233 e. The first-order chi connectivity index (χ1) is 8.72. The molecular weight excluding hydrogens is 228 g/mol. The Labute approximate surface area is 108 Å². The minimum Gasteiger partial charge on any atom is -0.496 e. The third kappa shape index (κ3) is 2.64. The van der Waals surface area contributed by atoms with Crippen molar-refractivity contribution in [1.82, 2.24) is 10.6 Å². The first-order valence-electron chi connectivity index (χ1n) is 6.27. The minimum absolute atomic E-state index is 0.0404. The van der Waals surface area contributed by atoms with E-state index < -0.39 is 0 Å². The monoisotopic (exact) mass is 248 g/mol. The van der Waals surface area contributed by atoms with E-state index in [1.54, 1.807) is 14.2 Å². The molecule has 2 rings (SSSR count). The van der Waals surface area contributed by atoms with Gasteiger partial charge in [-0.1, -0.05) is 18.2 Å². The third-order valence-electron chi connectivity index (χ3n) is 3.49. The molecular formula is C14H20N2O2. The fourth-order valence-corrected chi connectivity index (χ4v) is 2.27. The molecule has 1 aliphatic carbocycles. The summed E-state index contributed by atoms with van der Waals surface area (Å²) >= 11 is 0. The predicted molar refractivity (Wildman–Crippen MR) is 70.8 cm³/mol. The summed E-state index contributed by atoms with van der Waals surface area (Å²) in [6.45, 7) is 1.05. The van der Waals surface area contributed by atoms with E-state index in [0.717, 1.165) is 18.6 Å². The van der Waals surface area contributed by atoms with E-state index in [4.69, 9.17) is 4.74 Å². The minimum atomic E-state index is 0.0404. The SMILES string of the molecule is CNCC(=O)NCC1(c2ccccc2OC)CC1. The number of carbonyl (C=O) groups is 1. The van der Waals surface area contributed by atoms with Gasteiger partial charge in [0, 0.05) is 17.5 Å². The standard InChI is InChI=1S/C14H20N2O2/c1-15-9-13(17)16-10-14(7-8-14)11-5-3-4-6-12(11)18-2/h3-6,15H,7-10H2,1-2H3,(H,16,17). The van der Waals surface area contributed by atoms with Gasteiger partial charge >= 0.3 is 0 Å². The molecule has 0 heterocycles. The van der Waals surface area contributed by atoms with E-state index in [1.807, 2.05) is 18.2 Å². The second kappa shape index (κ2) is 5.40. The summed E-state index contributed by atoms with van der Waals surface area (Å²) in [6.07, 6.45) is 2.21. The van der Waals surface area contributed by atoms with E-state index in [0.29, 0.717) is 13.1 Å². The molecule has 0 atom stereocenters. The van der Waals surface area contributed by atoms with Gasteiger partial charge in [0.1, 0.15) is 5.75 Å². The molecule has 4 heteroatoms. The van der Waals surface area contributed by atoms with Crippen molar-refractivity contribution in [3.63, 3.8) is 0 Å². The van der Waals surface area contributed by atoms with Crippen molar-refractivity contribution in [2.24, 2.45) is 0 Å². The Kier molecular flexibility index (Phi) is 3.87. The number of amides is 1. The summed E-state index contributed by atoms with van der Waals surface area (Å²) < 4.78 is 5.40. The van der Waals surface area contributed by atoms with Gasteiger partial charge in [-0.25, -0.2) is 0 Å². The van der Waals surface area contributed by atoms with E-state index in [2.05, 4.69) is 16.7 Å². The van der Waals surface area contributed by atoms with E-state index in [9.17, 15) is 4.79 Å². The van der Waals surface area contributed by atoms with Crippen molar-refractivity contribution in [1.29, 1.82) is 0 Å². The van der Waals surface area contributed by atoms with Crippen LogP contribution in [0.5, 0.6) is 5.75 Å². The predicted octanol–water partition coefficient (Wildman–Crippen LogP) is 1.06. The molecule has 0 saturated heterocycles. The van der Waals surface area contributed by atoms with Crippen LogP contribution in [0, 0.1) is 0 Å². The number of methoxy groups -OCH3 is 1. The third-order valence-corrected chi connectivity index (χ3v) is 3.49. The maximum Gasteiger partial charge on any atom is 0.233 e. The molecule has 1 saturated carbocycles. The van der Waals surface area contributed by atoms with Gasteiger partial charge in [-0.2, -0.15) is 0 Å². The maximum atomic E-state index is 11.5. The number of para-hydroxylation sites is 1. The first-order valence-corrected chi connectivity index (χ1v) is 6.27. The number of rotatable bonds is 6. The highest BCUT2D eigenvalue weighted by molar-refractivity contribution is 5.78. The number of carbonyl (C=O) groups excluding carboxylic acids is 1. The lowest BCUT2D eigenvalue weighted by Gasteiger charge is -2.19. The zero-order valence-electron chi connectivity index (χ0n) is 11.0. The zero-order valence-corrected chi connectivity index (χ0v) is 11.0. The molecule has 0 spiro atoms. The molecule has 1 aromatic carbocycles. The van der Waals surface area contributed by atoms with Crippen LogP contribution in [0.15, 0.2) is 24.3 Å². The summed E-state index contributed by atoms with van der Waals surface area (Å²) in [6, 6.07) is 8.06. The fraction of sp³-hybridized carbons (Fsp3) is 0.500. The van der Waals surface area contributed by atoms with Gasteiger partial charge < -0.3 is 15.4 Å². The lowest BCUT2D eigenvalue weighted by molar-refractivity contribution is -0.120. The topological polar surface area (TPSA) is 50.4 Å². The quantitative estimate of drug-likeness (QED) is 0.791. The normalized spacial score (nSPS) is 16.1. The zero-order chi connectivity index (χ0) is 13.0. The van der Waals surface area contributed by atoms with Crippen molar-refractivity contribution in [2.45, 2.75) is 18.3 Å². The van der Waals surface area contributed by atoms with Gasteiger partial charge in [0.15, 0.2) is 0 Å². The molecule has 98 valence electrons. The molecule has 18 heavy (non-hydrogen) atoms. The van der Waals surface area contributed by atoms with Crippen molar-refractivity contribution >= 4 is 5.91 Å². The van der Waals surface area contributed by atoms with Crippen molar-refractivity contribution in [3.8, 4) is 5.75 Å². The molecule has 0 radical (unpaired) electrons. The highest BCUT2D eigenvalue weighted by atomic mass is 16.5. The van der Waals surface area contributed by atoms with Crippen LogP contribution < -0.4 is 15.4 Å². The second-order valence-electron chi connectivity index (χ2n) is 4.79. The number of likely N-dealkylation sites (N-methyl/N-ethyl adjacent to an activating group) is 1. The summed E-state index contributed by atoms with van der Waals surface area (Å²) in [7, 11) is 3.46. The van der Waals surface area contributed by atoms with E-state index in [-0.39, 0.29) is 11.3 Å². The Morgan fingerprint density at radius 3 is 2.72 bits per heavy atom. The summed E-state index contributed by atoms with van der Waals surface area (Å²) in [5.74, 6) is 0.955. The molecule has 0 aliphatic heterocycles. The van der Waals surface area contributed by atoms with Crippen LogP contribution in [-0.4, -0.2) is 33.2 Å². The Bertz CT molecular complexity index is 428. The molecule has 2 N–H and O–H groups in total. The van der Waals surface area contributed by atoms with Gasteiger partial charge in [-0.05, 0) is 26.0 Å². The summed E-state index contributed by atoms with van der Waals surface area (Å²) in [4.78, 5) is 11.5. The van der Waals surface area contributed by atoms with Gasteiger partial charge in [0.2, 0.25) is 5.91 Å². The van der Waals surface area contributed by atoms with Crippen LogP contribution in [-0.2, 0) is 10.2 Å². The molecule has 4 nitrogen and oxygen atoms in total. The summed E-state index contributed by atoms with van der Waals surface area (Å²) in [5.41, 5.74) is 1.29. The van der Waals surface area contributed by atoms with E-state index in [1.165, 1.54) is 5.56 Å². The van der Waals surface area contributed by atoms with Crippen LogP contribution in [0.25, 0.3) is 0 Å². The van der Waals surface area contributed by atoms with Crippen LogP contribution in [0.1, 0.15) is 18.4 Å². The molecule has 1 aliphatic rings. The molecule has 1 fully saturated rings. The number of ether oxygens (including phenoxy) is 1. The average Bonchev–Trinajstić information content (AvgIpc) is 3.18. The Hall–Kier alpha value is -1.55. The Morgan fingerprint density at radius 2 is 2.11 bits per heavy atom. The van der Waals surface area contributed by atoms with Crippen molar-refractivity contribution in [3.05, 3.63) is 29.8 Å². The maximum absolute atomic E-state index is 11.5. The van der Waals surface area contributed by atoms with Crippen molar-refractivity contribution < 1.29 is 9.53 Å². The Balaban J connectivity index is 2.05. The highest BCUT2D eigenvalue weighted by Crippen LogP contribution is 2.50. The van der Waals surface area contributed by atoms with Crippen LogP contribution in [0.2, 0.25) is 0 Å². The van der Waals surface area contributed by atoms with E-state index >= 15 is 0 Å². The van der Waals surface area contributed by atoms with Gasteiger partial charge in [-0.3, -0.25) is 4.79 Å². The summed E-state index contributed by atoms with van der Waals surface area (Å²) in [5, 5.41) is 5.83. The lowest BCUT2D eigenvalue weighted by Crippen LogP contribution is -2.37. The van der Waals surface area contributed by atoms with Crippen LogP contribution in [0.3, 0.4) is 0 Å². The number of hydrogen-bond donors (Lipinski definition) is 2. The fourth-order valence-electron chi connectivity index (χ4n) is 2.27. The first kappa shape index (κ1) is 12.9. The molecule has 0 aromatic heterocycles. The highest BCUT2D eigenvalue weighted by Gasteiger charge is 2.46. The molecule has 1 amide bonds. The van der Waals surface area contributed by atoms with Gasteiger partial charge in [-0.15, -0.1) is 0 Å². The number of benzene rings is 1. The van der Waals surface area contributed by atoms with Gasteiger partial charge in [0.05, 0.1) is 13.7 Å². The van der Waals surface area contributed by atoms with Gasteiger partial charge in [0.25, 0.3) is 0 Å². The molecule has 0 bridgehead atoms. The second-order valence-corrected chi connectivity index (χ2v) is 4.79. The average molecular weight is 248 g/mol. The largest absolute Gasteiger partial charge is 0.496 e. The number of nitrogens with one attached hydrogen (secondary N) is 2. The van der Waals surface area contributed by atoms with Crippen molar-refractivity contribution in [2.75, 3.05) is 27.2 Å². The van der Waals surface area contributed by atoms with Crippen LogP contribution >= 0.6 is 0 Å². The molecule has 0 unspecified atom stereocenters. The number of hydrogen-bond acceptors (Lipinski definition) is 3. The molecule has 1 aromatic rings. The van der Waals surface area contributed by atoms with Crippen LogP contribution in [0.4, 0.5) is 0 Å². The lowest BCUT2D eigenvalue weighted by atomic mass is 9.95.